The lowest BCUT2D eigenvalue weighted by molar-refractivity contribution is -0.133. The Hall–Kier alpha value is -1.42. The van der Waals surface area contributed by atoms with Gasteiger partial charge in [-0.15, -0.1) is 0 Å². The molecule has 20 heavy (non-hydrogen) atoms. The van der Waals surface area contributed by atoms with Crippen molar-refractivity contribution < 1.29 is 9.18 Å². The topological polar surface area (TPSA) is 41.1 Å². The van der Waals surface area contributed by atoms with Gasteiger partial charge in [-0.2, -0.15) is 0 Å². The minimum absolute atomic E-state index is 0.0305. The van der Waals surface area contributed by atoms with Crippen molar-refractivity contribution in [2.75, 3.05) is 13.1 Å². The number of nitrogens with one attached hydrogen (secondary N) is 2. The standard InChI is InChI=1S/C16H23FN2O/c1-3-16(9-6-10-18-11-16)15(20)19-12(2)13-7-4-5-8-14(13)17/h4-5,7-8,12,18H,3,6,9-11H2,1-2H3,(H,19,20). The zero-order chi connectivity index (χ0) is 14.6. The minimum Gasteiger partial charge on any atom is -0.349 e. The maximum absolute atomic E-state index is 13.7. The summed E-state index contributed by atoms with van der Waals surface area (Å²) in [6.45, 7) is 5.55. The molecule has 2 rings (SSSR count). The van der Waals surface area contributed by atoms with Crippen LogP contribution in [0.25, 0.3) is 0 Å². The molecule has 3 nitrogen and oxygen atoms in total. The number of carbonyl (C=O) groups excluding carboxylic acids is 1. The number of halogens is 1. The molecule has 110 valence electrons. The average molecular weight is 278 g/mol. The largest absolute Gasteiger partial charge is 0.349 e. The Bertz CT molecular complexity index is 469. The fraction of sp³-hybridized carbons (Fsp3) is 0.562. The van der Waals surface area contributed by atoms with Crippen LogP contribution in [-0.4, -0.2) is 19.0 Å². The molecule has 1 amide bonds. The number of hydrogen-bond donors (Lipinski definition) is 2. The lowest BCUT2D eigenvalue weighted by atomic mass is 9.77. The van der Waals surface area contributed by atoms with Crippen LogP contribution in [0.5, 0.6) is 0 Å². The Balaban J connectivity index is 2.08. The van der Waals surface area contributed by atoms with Crippen LogP contribution in [-0.2, 0) is 4.79 Å². The van der Waals surface area contributed by atoms with Crippen molar-refractivity contribution in [2.45, 2.75) is 39.2 Å². The molecule has 0 aliphatic carbocycles. The molecule has 2 N–H and O–H groups in total. The molecule has 1 aliphatic heterocycles. The Morgan fingerprint density at radius 2 is 2.25 bits per heavy atom. The predicted octanol–water partition coefficient (Wildman–Crippen LogP) is 2.78. The van der Waals surface area contributed by atoms with E-state index in [1.807, 2.05) is 13.8 Å². The summed E-state index contributed by atoms with van der Waals surface area (Å²) in [4.78, 5) is 12.6. The van der Waals surface area contributed by atoms with E-state index in [1.54, 1.807) is 18.2 Å². The van der Waals surface area contributed by atoms with Crippen molar-refractivity contribution in [3.63, 3.8) is 0 Å². The molecular formula is C16H23FN2O. The summed E-state index contributed by atoms with van der Waals surface area (Å²) in [5.41, 5.74) is 0.188. The third-order valence-corrected chi connectivity index (χ3v) is 4.35. The first kappa shape index (κ1) is 15.0. The first-order chi connectivity index (χ1) is 9.59. The Morgan fingerprint density at radius 3 is 2.85 bits per heavy atom. The van der Waals surface area contributed by atoms with Crippen LogP contribution in [0.15, 0.2) is 24.3 Å². The highest BCUT2D eigenvalue weighted by molar-refractivity contribution is 5.83. The van der Waals surface area contributed by atoms with Crippen LogP contribution in [0.3, 0.4) is 0 Å². The molecule has 4 heteroatoms. The summed E-state index contributed by atoms with van der Waals surface area (Å²) in [6, 6.07) is 6.28. The summed E-state index contributed by atoms with van der Waals surface area (Å²) in [6.07, 6.45) is 2.71. The van der Waals surface area contributed by atoms with Gasteiger partial charge in [-0.25, -0.2) is 4.39 Å². The summed E-state index contributed by atoms with van der Waals surface area (Å²) in [5, 5.41) is 6.28. The van der Waals surface area contributed by atoms with E-state index < -0.39 is 0 Å². The quantitative estimate of drug-likeness (QED) is 0.889. The third-order valence-electron chi connectivity index (χ3n) is 4.35. The van der Waals surface area contributed by atoms with E-state index in [9.17, 15) is 9.18 Å². The average Bonchev–Trinajstić information content (AvgIpc) is 2.48. The van der Waals surface area contributed by atoms with Crippen LogP contribution in [0.4, 0.5) is 4.39 Å². The van der Waals surface area contributed by atoms with Gasteiger partial charge in [0.1, 0.15) is 5.82 Å². The normalized spacial score (nSPS) is 24.1. The summed E-state index contributed by atoms with van der Waals surface area (Å²) in [7, 11) is 0. The Morgan fingerprint density at radius 1 is 1.50 bits per heavy atom. The Kier molecular flexibility index (Phi) is 4.76. The first-order valence-electron chi connectivity index (χ1n) is 7.35. The second-order valence-electron chi connectivity index (χ2n) is 5.63. The summed E-state index contributed by atoms with van der Waals surface area (Å²) < 4.78 is 13.7. The lowest BCUT2D eigenvalue weighted by Gasteiger charge is -2.36. The number of amides is 1. The number of piperidine rings is 1. The summed E-state index contributed by atoms with van der Waals surface area (Å²) >= 11 is 0. The van der Waals surface area contributed by atoms with Crippen LogP contribution in [0.1, 0.15) is 44.7 Å². The molecule has 1 aliphatic rings. The number of hydrogen-bond acceptors (Lipinski definition) is 2. The van der Waals surface area contributed by atoms with Gasteiger partial charge >= 0.3 is 0 Å². The molecule has 1 aromatic rings. The molecule has 0 radical (unpaired) electrons. The van der Waals surface area contributed by atoms with Crippen molar-refractivity contribution in [1.29, 1.82) is 0 Å². The first-order valence-corrected chi connectivity index (χ1v) is 7.35. The predicted molar refractivity (Wildman–Crippen MR) is 77.8 cm³/mol. The third kappa shape index (κ3) is 3.01. The van der Waals surface area contributed by atoms with Crippen molar-refractivity contribution >= 4 is 5.91 Å². The number of carbonyl (C=O) groups is 1. The van der Waals surface area contributed by atoms with Gasteiger partial charge in [0.2, 0.25) is 5.91 Å². The zero-order valence-corrected chi connectivity index (χ0v) is 12.2. The van der Waals surface area contributed by atoms with E-state index in [4.69, 9.17) is 0 Å². The van der Waals surface area contributed by atoms with E-state index in [1.165, 1.54) is 6.07 Å². The second kappa shape index (κ2) is 6.35. The minimum atomic E-state index is -0.349. The maximum Gasteiger partial charge on any atom is 0.227 e. The van der Waals surface area contributed by atoms with E-state index in [-0.39, 0.29) is 23.2 Å². The van der Waals surface area contributed by atoms with E-state index in [2.05, 4.69) is 10.6 Å². The second-order valence-corrected chi connectivity index (χ2v) is 5.63. The smallest absolute Gasteiger partial charge is 0.227 e. The molecule has 2 atom stereocenters. The lowest BCUT2D eigenvalue weighted by Crippen LogP contribution is -2.50. The molecule has 0 saturated carbocycles. The molecule has 0 aromatic heterocycles. The van der Waals surface area contributed by atoms with Crippen LogP contribution >= 0.6 is 0 Å². The van der Waals surface area contributed by atoms with Gasteiger partial charge < -0.3 is 10.6 Å². The zero-order valence-electron chi connectivity index (χ0n) is 12.2. The molecule has 1 heterocycles. The van der Waals surface area contributed by atoms with Gasteiger partial charge in [-0.3, -0.25) is 4.79 Å². The van der Waals surface area contributed by atoms with Gasteiger partial charge in [-0.05, 0) is 38.8 Å². The molecule has 0 spiro atoms. The van der Waals surface area contributed by atoms with Crippen LogP contribution in [0, 0.1) is 11.2 Å². The maximum atomic E-state index is 13.7. The monoisotopic (exact) mass is 278 g/mol. The van der Waals surface area contributed by atoms with Crippen molar-refractivity contribution in [3.05, 3.63) is 35.6 Å². The van der Waals surface area contributed by atoms with E-state index in [0.29, 0.717) is 12.1 Å². The fourth-order valence-corrected chi connectivity index (χ4v) is 2.88. The molecular weight excluding hydrogens is 255 g/mol. The van der Waals surface area contributed by atoms with Gasteiger partial charge in [0.15, 0.2) is 0 Å². The molecule has 2 unspecified atom stereocenters. The van der Waals surface area contributed by atoms with Crippen LogP contribution < -0.4 is 10.6 Å². The van der Waals surface area contributed by atoms with Gasteiger partial charge in [-0.1, -0.05) is 25.1 Å². The highest BCUT2D eigenvalue weighted by atomic mass is 19.1. The van der Waals surface area contributed by atoms with Crippen molar-refractivity contribution in [2.24, 2.45) is 5.41 Å². The Labute approximate surface area is 120 Å². The van der Waals surface area contributed by atoms with Gasteiger partial charge in [0.05, 0.1) is 11.5 Å². The van der Waals surface area contributed by atoms with E-state index >= 15 is 0 Å². The van der Waals surface area contributed by atoms with E-state index in [0.717, 1.165) is 25.8 Å². The number of rotatable bonds is 4. The molecule has 1 fully saturated rings. The molecule has 1 saturated heterocycles. The highest BCUT2D eigenvalue weighted by Crippen LogP contribution is 2.31. The van der Waals surface area contributed by atoms with Crippen LogP contribution in [0.2, 0.25) is 0 Å². The summed E-state index contributed by atoms with van der Waals surface area (Å²) in [5.74, 6) is -0.240. The fourth-order valence-electron chi connectivity index (χ4n) is 2.88. The van der Waals surface area contributed by atoms with Crippen molar-refractivity contribution in [3.8, 4) is 0 Å². The number of benzene rings is 1. The highest BCUT2D eigenvalue weighted by Gasteiger charge is 2.38. The van der Waals surface area contributed by atoms with Gasteiger partial charge in [0, 0.05) is 12.1 Å². The van der Waals surface area contributed by atoms with Gasteiger partial charge in [0.25, 0.3) is 0 Å². The van der Waals surface area contributed by atoms with Crippen molar-refractivity contribution in [1.82, 2.24) is 10.6 Å². The molecule has 0 bridgehead atoms. The SMILES string of the molecule is CCC1(C(=O)NC(C)c2ccccc2F)CCCNC1. The molecule has 1 aromatic carbocycles.